The maximum absolute atomic E-state index is 5.84. The van der Waals surface area contributed by atoms with Crippen LogP contribution in [0.1, 0.15) is 19.4 Å². The molecule has 2 rings (SSSR count). The zero-order chi connectivity index (χ0) is 19.3. The summed E-state index contributed by atoms with van der Waals surface area (Å²) in [5.41, 5.74) is 0.990. The number of rotatable bonds is 10. The summed E-state index contributed by atoms with van der Waals surface area (Å²) in [5, 5.41) is 6.41. The van der Waals surface area contributed by atoms with Crippen LogP contribution in [-0.2, 0) is 11.3 Å². The number of aromatic nitrogens is 1. The van der Waals surface area contributed by atoms with Gasteiger partial charge in [-0.15, -0.1) is 24.0 Å². The molecule has 0 spiro atoms. The Balaban J connectivity index is 0.00000392. The first-order chi connectivity index (χ1) is 13.3. The van der Waals surface area contributed by atoms with Crippen LogP contribution in [0, 0.1) is 0 Å². The van der Waals surface area contributed by atoms with Crippen LogP contribution in [0.4, 0.5) is 0 Å². The van der Waals surface area contributed by atoms with E-state index in [2.05, 4.69) is 20.6 Å². The minimum absolute atomic E-state index is 0. The first-order valence-corrected chi connectivity index (χ1v) is 9.12. The number of aliphatic imine (C=N–C) groups is 1. The number of benzene rings is 1. The molecule has 8 heteroatoms. The lowest BCUT2D eigenvalue weighted by atomic mass is 10.3. The maximum Gasteiger partial charge on any atom is 0.219 e. The Morgan fingerprint density at radius 1 is 1.07 bits per heavy atom. The number of hydrogen-bond acceptors (Lipinski definition) is 5. The van der Waals surface area contributed by atoms with Crippen molar-refractivity contribution in [1.29, 1.82) is 0 Å². The zero-order valence-electron chi connectivity index (χ0n) is 16.6. The summed E-state index contributed by atoms with van der Waals surface area (Å²) in [6.45, 7) is 7.19. The lowest BCUT2D eigenvalue weighted by Gasteiger charge is -2.11. The van der Waals surface area contributed by atoms with E-state index < -0.39 is 0 Å². The van der Waals surface area contributed by atoms with Gasteiger partial charge in [-0.2, -0.15) is 0 Å². The number of ether oxygens (including phenoxy) is 3. The van der Waals surface area contributed by atoms with Crippen molar-refractivity contribution in [2.45, 2.75) is 20.4 Å². The third kappa shape index (κ3) is 8.30. The highest BCUT2D eigenvalue weighted by Crippen LogP contribution is 2.30. The predicted octanol–water partition coefficient (Wildman–Crippen LogP) is 3.59. The fraction of sp³-hybridized carbons (Fsp3) is 0.400. The zero-order valence-corrected chi connectivity index (χ0v) is 18.9. The molecule has 0 bridgehead atoms. The quantitative estimate of drug-likeness (QED) is 0.225. The van der Waals surface area contributed by atoms with Crippen LogP contribution in [0.2, 0.25) is 0 Å². The molecule has 0 aliphatic heterocycles. The minimum atomic E-state index is 0. The van der Waals surface area contributed by atoms with Gasteiger partial charge in [0.25, 0.3) is 0 Å². The van der Waals surface area contributed by atoms with Crippen molar-refractivity contribution in [1.82, 2.24) is 15.6 Å². The number of para-hydroxylation sites is 2. The number of nitrogens with zero attached hydrogens (tertiary/aromatic N) is 2. The van der Waals surface area contributed by atoms with Gasteiger partial charge in [0.2, 0.25) is 5.88 Å². The molecule has 0 amide bonds. The van der Waals surface area contributed by atoms with Crippen molar-refractivity contribution in [3.63, 3.8) is 0 Å². The Kier molecular flexibility index (Phi) is 12.0. The van der Waals surface area contributed by atoms with Crippen molar-refractivity contribution >= 4 is 29.9 Å². The highest BCUT2D eigenvalue weighted by molar-refractivity contribution is 14.0. The lowest BCUT2D eigenvalue weighted by Crippen LogP contribution is -2.38. The van der Waals surface area contributed by atoms with Gasteiger partial charge in [-0.25, -0.2) is 9.98 Å². The summed E-state index contributed by atoms with van der Waals surface area (Å²) < 4.78 is 16.4. The highest BCUT2D eigenvalue weighted by atomic mass is 127. The third-order valence-corrected chi connectivity index (χ3v) is 3.52. The van der Waals surface area contributed by atoms with Gasteiger partial charge >= 0.3 is 0 Å². The molecule has 0 radical (unpaired) electrons. The van der Waals surface area contributed by atoms with Crippen molar-refractivity contribution < 1.29 is 14.2 Å². The van der Waals surface area contributed by atoms with E-state index in [0.29, 0.717) is 43.7 Å². The van der Waals surface area contributed by atoms with Crippen molar-refractivity contribution in [2.75, 3.05) is 33.4 Å². The monoisotopic (exact) mass is 500 g/mol. The Labute approximate surface area is 183 Å². The van der Waals surface area contributed by atoms with Crippen LogP contribution in [0.3, 0.4) is 0 Å². The SMILES string of the molecule is CCNC(=NCc1ccc(Oc2ccccc2OCC)nc1)NCCOC.I. The van der Waals surface area contributed by atoms with E-state index in [1.807, 2.05) is 50.2 Å². The highest BCUT2D eigenvalue weighted by Gasteiger charge is 2.06. The maximum atomic E-state index is 5.84. The summed E-state index contributed by atoms with van der Waals surface area (Å²) >= 11 is 0. The molecule has 0 aliphatic carbocycles. The van der Waals surface area contributed by atoms with Gasteiger partial charge in [0.1, 0.15) is 0 Å². The Morgan fingerprint density at radius 3 is 2.50 bits per heavy atom. The Hall–Kier alpha value is -2.07. The van der Waals surface area contributed by atoms with Crippen molar-refractivity contribution in [3.05, 3.63) is 48.2 Å². The van der Waals surface area contributed by atoms with Crippen LogP contribution in [-0.4, -0.2) is 44.4 Å². The second kappa shape index (κ2) is 14.0. The minimum Gasteiger partial charge on any atom is -0.490 e. The molecule has 0 atom stereocenters. The van der Waals surface area contributed by atoms with Gasteiger partial charge in [-0.1, -0.05) is 18.2 Å². The number of guanidine groups is 1. The number of pyridine rings is 1. The Morgan fingerprint density at radius 2 is 1.86 bits per heavy atom. The smallest absolute Gasteiger partial charge is 0.219 e. The molecular formula is C20H29IN4O3. The summed E-state index contributed by atoms with van der Waals surface area (Å²) in [4.78, 5) is 8.91. The van der Waals surface area contributed by atoms with Crippen LogP contribution in [0.5, 0.6) is 17.4 Å². The molecule has 7 nitrogen and oxygen atoms in total. The molecule has 2 N–H and O–H groups in total. The molecule has 154 valence electrons. The fourth-order valence-electron chi connectivity index (χ4n) is 2.27. The molecule has 1 heterocycles. The van der Waals surface area contributed by atoms with Gasteiger partial charge in [0.05, 0.1) is 19.8 Å². The first-order valence-electron chi connectivity index (χ1n) is 9.12. The second-order valence-electron chi connectivity index (χ2n) is 5.60. The van der Waals surface area contributed by atoms with E-state index in [-0.39, 0.29) is 24.0 Å². The molecule has 0 unspecified atom stereocenters. The molecule has 0 saturated heterocycles. The molecule has 0 saturated carbocycles. The average Bonchev–Trinajstić information content (AvgIpc) is 2.69. The molecular weight excluding hydrogens is 471 g/mol. The largest absolute Gasteiger partial charge is 0.490 e. The van der Waals surface area contributed by atoms with Crippen molar-refractivity contribution in [2.24, 2.45) is 4.99 Å². The van der Waals surface area contributed by atoms with Crippen molar-refractivity contribution in [3.8, 4) is 17.4 Å². The summed E-state index contributed by atoms with van der Waals surface area (Å²) in [5.74, 6) is 2.61. The van der Waals surface area contributed by atoms with E-state index >= 15 is 0 Å². The topological polar surface area (TPSA) is 77.0 Å². The molecule has 0 fully saturated rings. The number of halogens is 1. The molecule has 1 aromatic heterocycles. The third-order valence-electron chi connectivity index (χ3n) is 3.52. The number of nitrogens with one attached hydrogen (secondary N) is 2. The Bertz CT molecular complexity index is 711. The van der Waals surface area contributed by atoms with Gasteiger partial charge < -0.3 is 24.8 Å². The standard InChI is InChI=1S/C20H28N4O3.HI/c1-4-21-20(22-12-13-25-3)24-15-16-10-11-19(23-14-16)27-18-9-7-6-8-17(18)26-5-2;/h6-11,14H,4-5,12-13,15H2,1-3H3,(H2,21,22,24);1H. The summed E-state index contributed by atoms with van der Waals surface area (Å²) in [6, 6.07) is 11.3. The molecule has 28 heavy (non-hydrogen) atoms. The average molecular weight is 500 g/mol. The predicted molar refractivity (Wildman–Crippen MR) is 122 cm³/mol. The summed E-state index contributed by atoms with van der Waals surface area (Å²) in [7, 11) is 1.67. The first kappa shape index (κ1) is 24.0. The molecule has 1 aromatic carbocycles. The van der Waals surface area contributed by atoms with E-state index in [1.54, 1.807) is 13.3 Å². The van der Waals surface area contributed by atoms with Gasteiger partial charge in [0, 0.05) is 32.5 Å². The van der Waals surface area contributed by atoms with Crippen LogP contribution in [0.25, 0.3) is 0 Å². The van der Waals surface area contributed by atoms with Gasteiger partial charge in [-0.05, 0) is 31.5 Å². The molecule has 0 aliphatic rings. The fourth-order valence-corrected chi connectivity index (χ4v) is 2.27. The normalized spacial score (nSPS) is 10.8. The summed E-state index contributed by atoms with van der Waals surface area (Å²) in [6.07, 6.45) is 1.76. The van der Waals surface area contributed by atoms with Crippen LogP contribution < -0.4 is 20.1 Å². The van der Waals surface area contributed by atoms with Gasteiger partial charge in [0.15, 0.2) is 17.5 Å². The number of hydrogen-bond donors (Lipinski definition) is 2. The van der Waals surface area contributed by atoms with Gasteiger partial charge in [-0.3, -0.25) is 0 Å². The number of methoxy groups -OCH3 is 1. The van der Waals surface area contributed by atoms with E-state index in [9.17, 15) is 0 Å². The second-order valence-corrected chi connectivity index (χ2v) is 5.60. The van der Waals surface area contributed by atoms with E-state index in [0.717, 1.165) is 18.1 Å². The van der Waals surface area contributed by atoms with Crippen LogP contribution in [0.15, 0.2) is 47.6 Å². The van der Waals surface area contributed by atoms with E-state index in [1.165, 1.54) is 0 Å². The van der Waals surface area contributed by atoms with Crippen LogP contribution >= 0.6 is 24.0 Å². The van der Waals surface area contributed by atoms with E-state index in [4.69, 9.17) is 14.2 Å². The molecule has 2 aromatic rings. The lowest BCUT2D eigenvalue weighted by molar-refractivity contribution is 0.203.